The first kappa shape index (κ1) is 14.3. The number of fused-ring (bicyclic) bond motifs is 2. The highest BCUT2D eigenvalue weighted by Crippen LogP contribution is 2.11. The second-order valence-corrected chi connectivity index (χ2v) is 5.36. The summed E-state index contributed by atoms with van der Waals surface area (Å²) in [6, 6.07) is 3.88. The molecular formula is C14H16N10. The summed E-state index contributed by atoms with van der Waals surface area (Å²) < 4.78 is 3.36. The maximum atomic E-state index is 4.32. The average molecular weight is 324 g/mol. The van der Waals surface area contributed by atoms with Gasteiger partial charge >= 0.3 is 0 Å². The fourth-order valence-corrected chi connectivity index (χ4v) is 2.49. The third-order valence-corrected chi connectivity index (χ3v) is 3.50. The normalized spacial score (nSPS) is 11.2. The third-order valence-electron chi connectivity index (χ3n) is 3.50. The van der Waals surface area contributed by atoms with E-state index in [-0.39, 0.29) is 0 Å². The Labute approximate surface area is 137 Å². The lowest BCUT2D eigenvalue weighted by Crippen LogP contribution is -2.17. The van der Waals surface area contributed by atoms with E-state index in [0.29, 0.717) is 24.6 Å². The smallest absolute Gasteiger partial charge is 0.254 e. The molecule has 122 valence electrons. The monoisotopic (exact) mass is 324 g/mol. The molecule has 0 atom stereocenters. The van der Waals surface area contributed by atoms with Gasteiger partial charge in [0.05, 0.1) is 0 Å². The number of anilines is 2. The van der Waals surface area contributed by atoms with E-state index in [9.17, 15) is 0 Å². The molecule has 4 aromatic heterocycles. The van der Waals surface area contributed by atoms with Crippen LogP contribution in [0, 0.1) is 13.8 Å². The van der Waals surface area contributed by atoms with Gasteiger partial charge in [0.2, 0.25) is 0 Å². The van der Waals surface area contributed by atoms with E-state index < -0.39 is 0 Å². The van der Waals surface area contributed by atoms with Crippen LogP contribution < -0.4 is 10.6 Å². The van der Waals surface area contributed by atoms with Crippen molar-refractivity contribution in [2.24, 2.45) is 0 Å². The van der Waals surface area contributed by atoms with Crippen molar-refractivity contribution >= 4 is 23.2 Å². The standard InChI is InChI=1S/C14H16N10/c1-9-5-11(23-13(21-9)17-7-19-23)15-3-4-16-12-6-10(2)22-14-18-8-20-24(12)14/h5-8,15-16H,3-4H2,1-2H3. The minimum atomic E-state index is 0.583. The number of hydrogen-bond donors (Lipinski definition) is 2. The molecule has 0 saturated heterocycles. The Balaban J connectivity index is 1.45. The molecule has 0 spiro atoms. The molecule has 0 amide bonds. The summed E-state index contributed by atoms with van der Waals surface area (Å²) in [7, 11) is 0. The lowest BCUT2D eigenvalue weighted by Gasteiger charge is -2.11. The molecule has 0 aliphatic rings. The Morgan fingerprint density at radius 3 is 1.71 bits per heavy atom. The molecule has 0 fully saturated rings. The number of hydrogen-bond acceptors (Lipinski definition) is 8. The first-order valence-corrected chi connectivity index (χ1v) is 7.53. The summed E-state index contributed by atoms with van der Waals surface area (Å²) in [6.45, 7) is 5.24. The maximum absolute atomic E-state index is 4.32. The van der Waals surface area contributed by atoms with Crippen LogP contribution in [0.4, 0.5) is 11.6 Å². The van der Waals surface area contributed by atoms with Gasteiger partial charge in [0.1, 0.15) is 24.3 Å². The molecule has 0 bridgehead atoms. The SMILES string of the molecule is Cc1cc(NCCNc2cc(C)nc3ncnn23)n2ncnc2n1. The van der Waals surface area contributed by atoms with Gasteiger partial charge in [-0.2, -0.15) is 29.2 Å². The zero-order valence-electron chi connectivity index (χ0n) is 13.3. The Hall–Kier alpha value is -3.30. The van der Waals surface area contributed by atoms with Crippen LogP contribution in [-0.2, 0) is 0 Å². The molecule has 4 rings (SSSR count). The van der Waals surface area contributed by atoms with Crippen LogP contribution in [0.25, 0.3) is 11.6 Å². The largest absolute Gasteiger partial charge is 0.368 e. The second-order valence-electron chi connectivity index (χ2n) is 5.36. The van der Waals surface area contributed by atoms with Gasteiger partial charge in [0.25, 0.3) is 11.6 Å². The Bertz CT molecular complexity index is 919. The van der Waals surface area contributed by atoms with E-state index in [1.165, 1.54) is 12.7 Å². The Kier molecular flexibility index (Phi) is 3.41. The lowest BCUT2D eigenvalue weighted by atomic mass is 10.4. The third kappa shape index (κ3) is 2.57. The number of nitrogens with zero attached hydrogens (tertiary/aromatic N) is 8. The fraction of sp³-hybridized carbons (Fsp3) is 0.286. The molecule has 0 unspecified atom stereocenters. The van der Waals surface area contributed by atoms with Crippen molar-refractivity contribution in [3.63, 3.8) is 0 Å². The summed E-state index contributed by atoms with van der Waals surface area (Å²) in [5, 5.41) is 15.0. The summed E-state index contributed by atoms with van der Waals surface area (Å²) >= 11 is 0. The zero-order chi connectivity index (χ0) is 16.5. The number of aryl methyl sites for hydroxylation is 2. The van der Waals surface area contributed by atoms with Gasteiger partial charge < -0.3 is 10.6 Å². The highest BCUT2D eigenvalue weighted by atomic mass is 15.4. The number of aromatic nitrogens is 8. The highest BCUT2D eigenvalue weighted by Gasteiger charge is 2.06. The van der Waals surface area contributed by atoms with E-state index >= 15 is 0 Å². The minimum Gasteiger partial charge on any atom is -0.368 e. The van der Waals surface area contributed by atoms with Gasteiger partial charge in [0, 0.05) is 36.6 Å². The van der Waals surface area contributed by atoms with E-state index in [1.54, 1.807) is 9.03 Å². The van der Waals surface area contributed by atoms with Crippen molar-refractivity contribution in [3.8, 4) is 0 Å². The summed E-state index contributed by atoms with van der Waals surface area (Å²) in [4.78, 5) is 16.9. The van der Waals surface area contributed by atoms with Gasteiger partial charge in [-0.3, -0.25) is 0 Å². The van der Waals surface area contributed by atoms with Crippen LogP contribution >= 0.6 is 0 Å². The zero-order valence-corrected chi connectivity index (χ0v) is 13.3. The second kappa shape index (κ2) is 5.72. The molecule has 24 heavy (non-hydrogen) atoms. The van der Waals surface area contributed by atoms with Gasteiger partial charge in [-0.05, 0) is 13.8 Å². The van der Waals surface area contributed by atoms with Crippen molar-refractivity contribution in [2.75, 3.05) is 23.7 Å². The summed E-state index contributed by atoms with van der Waals surface area (Å²) in [5.41, 5.74) is 1.78. The van der Waals surface area contributed by atoms with Crippen molar-refractivity contribution < 1.29 is 0 Å². The number of nitrogens with one attached hydrogen (secondary N) is 2. The molecule has 0 aliphatic carbocycles. The van der Waals surface area contributed by atoms with Crippen molar-refractivity contribution in [1.82, 2.24) is 39.2 Å². The average Bonchev–Trinajstić information content (AvgIpc) is 3.19. The molecule has 4 heterocycles. The van der Waals surface area contributed by atoms with E-state index in [1.807, 2.05) is 26.0 Å². The first-order chi connectivity index (χ1) is 11.7. The van der Waals surface area contributed by atoms with Crippen LogP contribution in [-0.4, -0.2) is 52.3 Å². The van der Waals surface area contributed by atoms with Gasteiger partial charge in [-0.25, -0.2) is 9.97 Å². The van der Waals surface area contributed by atoms with Crippen molar-refractivity contribution in [2.45, 2.75) is 13.8 Å². The molecule has 0 saturated carbocycles. The van der Waals surface area contributed by atoms with Crippen molar-refractivity contribution in [1.29, 1.82) is 0 Å². The molecule has 10 heteroatoms. The fourth-order valence-electron chi connectivity index (χ4n) is 2.49. The van der Waals surface area contributed by atoms with E-state index in [0.717, 1.165) is 23.0 Å². The predicted molar refractivity (Wildman–Crippen MR) is 88.0 cm³/mol. The number of rotatable bonds is 5. The van der Waals surface area contributed by atoms with Crippen LogP contribution in [0.2, 0.25) is 0 Å². The van der Waals surface area contributed by atoms with E-state index in [4.69, 9.17) is 0 Å². The minimum absolute atomic E-state index is 0.583. The predicted octanol–water partition coefficient (Wildman–Crippen LogP) is 0.703. The van der Waals surface area contributed by atoms with E-state index in [2.05, 4.69) is 40.8 Å². The van der Waals surface area contributed by atoms with Crippen LogP contribution in [0.5, 0.6) is 0 Å². The Morgan fingerprint density at radius 1 is 0.792 bits per heavy atom. The highest BCUT2D eigenvalue weighted by molar-refractivity contribution is 5.46. The molecule has 0 aromatic carbocycles. The van der Waals surface area contributed by atoms with Crippen LogP contribution in [0.15, 0.2) is 24.8 Å². The molecule has 4 aromatic rings. The van der Waals surface area contributed by atoms with Gasteiger partial charge in [0.15, 0.2) is 0 Å². The maximum Gasteiger partial charge on any atom is 0.254 e. The van der Waals surface area contributed by atoms with Crippen molar-refractivity contribution in [3.05, 3.63) is 36.2 Å². The quantitative estimate of drug-likeness (QED) is 0.516. The molecule has 0 radical (unpaired) electrons. The summed E-state index contributed by atoms with van der Waals surface area (Å²) in [5.74, 6) is 2.88. The van der Waals surface area contributed by atoms with Crippen LogP contribution in [0.3, 0.4) is 0 Å². The summed E-state index contributed by atoms with van der Waals surface area (Å²) in [6.07, 6.45) is 2.98. The first-order valence-electron chi connectivity index (χ1n) is 7.53. The molecular weight excluding hydrogens is 308 g/mol. The Morgan fingerprint density at radius 2 is 1.25 bits per heavy atom. The molecule has 10 nitrogen and oxygen atoms in total. The molecule has 2 N–H and O–H groups in total. The van der Waals surface area contributed by atoms with Crippen LogP contribution in [0.1, 0.15) is 11.4 Å². The van der Waals surface area contributed by atoms with Gasteiger partial charge in [-0.15, -0.1) is 0 Å². The van der Waals surface area contributed by atoms with Gasteiger partial charge in [-0.1, -0.05) is 0 Å². The lowest BCUT2D eigenvalue weighted by molar-refractivity contribution is 0.898. The molecule has 0 aliphatic heterocycles. The topological polar surface area (TPSA) is 110 Å².